The summed E-state index contributed by atoms with van der Waals surface area (Å²) < 4.78 is 26.1. The monoisotopic (exact) mass is 225 g/mol. The Labute approximate surface area is 93.2 Å². The molecule has 0 amide bonds. The van der Waals surface area contributed by atoms with Crippen LogP contribution in [0.25, 0.3) is 0 Å². The fourth-order valence-electron chi connectivity index (χ4n) is 1.08. The fourth-order valence-corrected chi connectivity index (χ4v) is 1.08. The minimum absolute atomic E-state index is 0.249. The van der Waals surface area contributed by atoms with Gasteiger partial charge in [0.05, 0.1) is 5.56 Å². The highest BCUT2D eigenvalue weighted by Gasteiger charge is 2.11. The number of hydrogen-bond donors (Lipinski definition) is 0. The molecule has 1 aromatic carbocycles. The molecule has 0 heterocycles. The summed E-state index contributed by atoms with van der Waals surface area (Å²) in [6, 6.07) is 2.83. The van der Waals surface area contributed by atoms with E-state index in [1.165, 1.54) is 6.08 Å². The van der Waals surface area contributed by atoms with Crippen molar-refractivity contribution in [2.24, 2.45) is 0 Å². The summed E-state index contributed by atoms with van der Waals surface area (Å²) in [6.07, 6.45) is 1.28. The second kappa shape index (κ2) is 4.88. The van der Waals surface area contributed by atoms with Gasteiger partial charge in [-0.2, -0.15) is 0 Å². The number of halogens is 2. The average molecular weight is 225 g/mol. The molecule has 0 fully saturated rings. The quantitative estimate of drug-likeness (QED) is 0.582. The van der Waals surface area contributed by atoms with Crippen molar-refractivity contribution in [1.82, 2.24) is 4.90 Å². The number of carbonyl (C=O) groups is 1. The third kappa shape index (κ3) is 2.89. The molecule has 0 N–H and O–H groups in total. The zero-order chi connectivity index (χ0) is 12.3. The topological polar surface area (TPSA) is 20.3 Å². The second-order valence-corrected chi connectivity index (χ2v) is 3.67. The number of rotatable bonds is 3. The summed E-state index contributed by atoms with van der Waals surface area (Å²) in [5, 5.41) is 0. The second-order valence-electron chi connectivity index (χ2n) is 3.67. The maximum atomic E-state index is 13.2. The Hall–Kier alpha value is -1.71. The van der Waals surface area contributed by atoms with Crippen LogP contribution in [0.5, 0.6) is 0 Å². The third-order valence-electron chi connectivity index (χ3n) is 2.24. The van der Waals surface area contributed by atoms with Crippen LogP contribution in [0, 0.1) is 11.6 Å². The maximum Gasteiger partial charge on any atom is 0.190 e. The van der Waals surface area contributed by atoms with Gasteiger partial charge in [0.15, 0.2) is 5.78 Å². The summed E-state index contributed by atoms with van der Waals surface area (Å²) in [4.78, 5) is 13.3. The van der Waals surface area contributed by atoms with Crippen LogP contribution < -0.4 is 0 Å². The third-order valence-corrected chi connectivity index (χ3v) is 2.24. The first kappa shape index (κ1) is 12.4. The van der Waals surface area contributed by atoms with E-state index in [2.05, 4.69) is 0 Å². The van der Waals surface area contributed by atoms with Gasteiger partial charge in [-0.15, -0.1) is 0 Å². The smallest absolute Gasteiger partial charge is 0.190 e. The van der Waals surface area contributed by atoms with Gasteiger partial charge in [-0.3, -0.25) is 4.79 Å². The Morgan fingerprint density at radius 3 is 2.50 bits per heavy atom. The Morgan fingerprint density at radius 1 is 1.31 bits per heavy atom. The SMILES string of the molecule is CC(=CC(=O)c1cc(F)ccc1F)N(C)C. The van der Waals surface area contributed by atoms with Gasteiger partial charge in [0.25, 0.3) is 0 Å². The predicted octanol–water partition coefficient (Wildman–Crippen LogP) is 2.61. The molecule has 0 aromatic heterocycles. The van der Waals surface area contributed by atoms with Crippen LogP contribution in [0.15, 0.2) is 30.0 Å². The van der Waals surface area contributed by atoms with Crippen molar-refractivity contribution in [1.29, 1.82) is 0 Å². The van der Waals surface area contributed by atoms with Crippen molar-refractivity contribution in [3.63, 3.8) is 0 Å². The summed E-state index contributed by atoms with van der Waals surface area (Å²) in [5.74, 6) is -1.88. The van der Waals surface area contributed by atoms with E-state index in [9.17, 15) is 13.6 Å². The summed E-state index contributed by atoms with van der Waals surface area (Å²) in [7, 11) is 3.53. The van der Waals surface area contributed by atoms with Gasteiger partial charge in [0.2, 0.25) is 0 Å². The molecule has 0 saturated heterocycles. The molecular formula is C12H13F2NO. The lowest BCUT2D eigenvalue weighted by molar-refractivity contribution is 0.104. The van der Waals surface area contributed by atoms with E-state index in [-0.39, 0.29) is 5.56 Å². The van der Waals surface area contributed by atoms with Crippen molar-refractivity contribution in [2.45, 2.75) is 6.92 Å². The van der Waals surface area contributed by atoms with Gasteiger partial charge >= 0.3 is 0 Å². The fraction of sp³-hybridized carbons (Fsp3) is 0.250. The first-order valence-corrected chi connectivity index (χ1v) is 4.77. The summed E-state index contributed by atoms with van der Waals surface area (Å²) >= 11 is 0. The first-order valence-electron chi connectivity index (χ1n) is 4.77. The molecular weight excluding hydrogens is 212 g/mol. The molecule has 2 nitrogen and oxygen atoms in total. The molecule has 0 unspecified atom stereocenters. The normalized spacial score (nSPS) is 11.4. The van der Waals surface area contributed by atoms with E-state index in [4.69, 9.17) is 0 Å². The molecule has 16 heavy (non-hydrogen) atoms. The predicted molar refractivity (Wildman–Crippen MR) is 58.1 cm³/mol. The summed E-state index contributed by atoms with van der Waals surface area (Å²) in [5.41, 5.74) is 0.426. The molecule has 4 heteroatoms. The van der Waals surface area contributed by atoms with Crippen LogP contribution in [-0.2, 0) is 0 Å². The van der Waals surface area contributed by atoms with E-state index >= 15 is 0 Å². The lowest BCUT2D eigenvalue weighted by Gasteiger charge is -2.11. The van der Waals surface area contributed by atoms with Crippen LogP contribution in [-0.4, -0.2) is 24.8 Å². The number of benzene rings is 1. The Bertz CT molecular complexity index is 439. The molecule has 1 rings (SSSR count). The number of carbonyl (C=O) groups excluding carboxylic acids is 1. The molecule has 0 saturated carbocycles. The van der Waals surface area contributed by atoms with Gasteiger partial charge in [0, 0.05) is 25.9 Å². The number of nitrogens with zero attached hydrogens (tertiary/aromatic N) is 1. The van der Waals surface area contributed by atoms with Gasteiger partial charge in [-0.05, 0) is 25.1 Å². The summed E-state index contributed by atoms with van der Waals surface area (Å²) in [6.45, 7) is 1.72. The minimum atomic E-state index is -0.714. The van der Waals surface area contributed by atoms with Gasteiger partial charge in [-0.25, -0.2) is 8.78 Å². The zero-order valence-corrected chi connectivity index (χ0v) is 9.42. The van der Waals surface area contributed by atoms with Crippen LogP contribution in [0.3, 0.4) is 0 Å². The number of allylic oxidation sites excluding steroid dienone is 2. The van der Waals surface area contributed by atoms with Gasteiger partial charge in [0.1, 0.15) is 11.6 Å². The van der Waals surface area contributed by atoms with Crippen molar-refractivity contribution in [2.75, 3.05) is 14.1 Å². The Kier molecular flexibility index (Phi) is 3.77. The maximum absolute atomic E-state index is 13.2. The standard InChI is InChI=1S/C12H13F2NO/c1-8(15(2)3)6-12(16)10-7-9(13)4-5-11(10)14/h4-7H,1-3H3. The molecule has 0 aliphatic heterocycles. The highest BCUT2D eigenvalue weighted by Crippen LogP contribution is 2.12. The van der Waals surface area contributed by atoms with Crippen molar-refractivity contribution < 1.29 is 13.6 Å². The molecule has 0 aliphatic rings. The molecule has 0 radical (unpaired) electrons. The average Bonchev–Trinajstić information content (AvgIpc) is 2.21. The Balaban J connectivity index is 3.06. The number of ketones is 1. The molecule has 0 spiro atoms. The van der Waals surface area contributed by atoms with E-state index in [1.54, 1.807) is 25.9 Å². The molecule has 0 atom stereocenters. The highest BCUT2D eigenvalue weighted by atomic mass is 19.1. The van der Waals surface area contributed by atoms with Crippen LogP contribution in [0.1, 0.15) is 17.3 Å². The lowest BCUT2D eigenvalue weighted by Crippen LogP contribution is -2.11. The molecule has 0 aliphatic carbocycles. The largest absolute Gasteiger partial charge is 0.381 e. The van der Waals surface area contributed by atoms with Crippen molar-refractivity contribution >= 4 is 5.78 Å². The van der Waals surface area contributed by atoms with E-state index in [0.29, 0.717) is 5.70 Å². The zero-order valence-electron chi connectivity index (χ0n) is 9.42. The minimum Gasteiger partial charge on any atom is -0.381 e. The molecule has 0 bridgehead atoms. The Morgan fingerprint density at radius 2 is 1.94 bits per heavy atom. The lowest BCUT2D eigenvalue weighted by atomic mass is 10.1. The van der Waals surface area contributed by atoms with Crippen molar-refractivity contribution in [3.8, 4) is 0 Å². The van der Waals surface area contributed by atoms with E-state index in [0.717, 1.165) is 18.2 Å². The van der Waals surface area contributed by atoms with Crippen LogP contribution >= 0.6 is 0 Å². The number of hydrogen-bond acceptors (Lipinski definition) is 2. The van der Waals surface area contributed by atoms with Crippen LogP contribution in [0.2, 0.25) is 0 Å². The van der Waals surface area contributed by atoms with E-state index in [1.807, 2.05) is 0 Å². The highest BCUT2D eigenvalue weighted by molar-refractivity contribution is 6.05. The van der Waals surface area contributed by atoms with Crippen molar-refractivity contribution in [3.05, 3.63) is 47.2 Å². The molecule has 86 valence electrons. The van der Waals surface area contributed by atoms with Gasteiger partial charge in [-0.1, -0.05) is 0 Å². The first-order chi connectivity index (χ1) is 7.41. The van der Waals surface area contributed by atoms with Crippen LogP contribution in [0.4, 0.5) is 8.78 Å². The van der Waals surface area contributed by atoms with Gasteiger partial charge < -0.3 is 4.90 Å². The van der Waals surface area contributed by atoms with E-state index < -0.39 is 17.4 Å². The molecule has 1 aromatic rings.